The third kappa shape index (κ3) is 3.46. The van der Waals surface area contributed by atoms with Gasteiger partial charge in [-0.1, -0.05) is 0 Å². The molecule has 4 aromatic rings. The fourth-order valence-corrected chi connectivity index (χ4v) is 5.02. The van der Waals surface area contributed by atoms with Crippen LogP contribution in [-0.4, -0.2) is 36.6 Å². The lowest BCUT2D eigenvalue weighted by atomic mass is 9.62. The minimum atomic E-state index is -0.935. The van der Waals surface area contributed by atoms with E-state index in [1.165, 1.54) is 23.5 Å². The zero-order valence-electron chi connectivity index (χ0n) is 16.3. The summed E-state index contributed by atoms with van der Waals surface area (Å²) in [6, 6.07) is 6.53. The van der Waals surface area contributed by atoms with Gasteiger partial charge in [-0.25, -0.2) is 13.8 Å². The number of aromatic nitrogens is 5. The standard InChI is InChI=1S/C21H18F2N6OS/c22-12-8-21(9-12,18-14(23)2-1-7-25-18)6-5-13-3-4-15(28-27-13)16-10-29-17(19(24)30)11-31-20(29)26-16/h1-4,7,10-12H,5-6,8-9H2,(H2,24,30). The predicted octanol–water partition coefficient (Wildman–Crippen LogP) is 3.49. The van der Waals surface area contributed by atoms with E-state index in [2.05, 4.69) is 20.2 Å². The van der Waals surface area contributed by atoms with Crippen LogP contribution in [0.3, 0.4) is 0 Å². The van der Waals surface area contributed by atoms with Crippen molar-refractivity contribution in [1.29, 1.82) is 0 Å². The highest BCUT2D eigenvalue weighted by atomic mass is 32.1. The molecule has 1 fully saturated rings. The van der Waals surface area contributed by atoms with Gasteiger partial charge in [0.2, 0.25) is 0 Å². The van der Waals surface area contributed by atoms with Gasteiger partial charge < -0.3 is 5.73 Å². The van der Waals surface area contributed by atoms with Crippen LogP contribution in [0.2, 0.25) is 0 Å². The smallest absolute Gasteiger partial charge is 0.266 e. The number of thiazole rings is 1. The SMILES string of the molecule is NC(=O)c1csc2nc(-c3ccc(CCC4(c5ncccc5F)CC(F)C4)nn3)cn12. The number of hydrogen-bond donors (Lipinski definition) is 1. The Morgan fingerprint density at radius 3 is 2.77 bits per heavy atom. The molecule has 0 radical (unpaired) electrons. The number of pyridine rings is 1. The van der Waals surface area contributed by atoms with Crippen molar-refractivity contribution in [2.45, 2.75) is 37.3 Å². The summed E-state index contributed by atoms with van der Waals surface area (Å²) in [6.07, 6.45) is 3.90. The quantitative estimate of drug-likeness (QED) is 0.495. The number of carbonyl (C=O) groups excluding carboxylic acids is 1. The van der Waals surface area contributed by atoms with Gasteiger partial charge in [-0.3, -0.25) is 14.2 Å². The van der Waals surface area contributed by atoms with Gasteiger partial charge >= 0.3 is 0 Å². The van der Waals surface area contributed by atoms with E-state index in [4.69, 9.17) is 5.73 Å². The van der Waals surface area contributed by atoms with Crippen LogP contribution in [-0.2, 0) is 11.8 Å². The number of hydrogen-bond acceptors (Lipinski definition) is 6. The van der Waals surface area contributed by atoms with E-state index in [0.29, 0.717) is 40.6 Å². The highest BCUT2D eigenvalue weighted by Crippen LogP contribution is 2.48. The summed E-state index contributed by atoms with van der Waals surface area (Å²) in [5, 5.41) is 10.2. The fourth-order valence-electron chi connectivity index (χ4n) is 4.16. The third-order valence-electron chi connectivity index (χ3n) is 5.79. The van der Waals surface area contributed by atoms with Gasteiger partial charge in [-0.05, 0) is 49.9 Å². The number of primary amides is 1. The Labute approximate surface area is 180 Å². The molecule has 0 unspecified atom stereocenters. The number of halogens is 2. The summed E-state index contributed by atoms with van der Waals surface area (Å²) in [4.78, 5) is 20.8. The molecule has 31 heavy (non-hydrogen) atoms. The number of amides is 1. The second-order valence-electron chi connectivity index (χ2n) is 7.79. The van der Waals surface area contributed by atoms with Crippen molar-refractivity contribution in [3.63, 3.8) is 0 Å². The van der Waals surface area contributed by atoms with Crippen molar-refractivity contribution in [3.8, 4) is 11.4 Å². The van der Waals surface area contributed by atoms with Crippen molar-refractivity contribution < 1.29 is 13.6 Å². The first-order valence-electron chi connectivity index (χ1n) is 9.80. The molecule has 2 N–H and O–H groups in total. The van der Waals surface area contributed by atoms with E-state index in [1.807, 2.05) is 6.07 Å². The minimum Gasteiger partial charge on any atom is -0.364 e. The molecular weight excluding hydrogens is 422 g/mol. The average Bonchev–Trinajstić information content (AvgIpc) is 3.32. The second kappa shape index (κ2) is 7.45. The van der Waals surface area contributed by atoms with E-state index in [0.717, 1.165) is 5.69 Å². The lowest BCUT2D eigenvalue weighted by Gasteiger charge is -2.44. The van der Waals surface area contributed by atoms with Crippen LogP contribution in [0.25, 0.3) is 16.3 Å². The maximum absolute atomic E-state index is 14.3. The average molecular weight is 440 g/mol. The molecule has 0 saturated heterocycles. The lowest BCUT2D eigenvalue weighted by molar-refractivity contribution is 0.0794. The van der Waals surface area contributed by atoms with E-state index in [1.54, 1.807) is 28.2 Å². The summed E-state index contributed by atoms with van der Waals surface area (Å²) in [7, 11) is 0. The minimum absolute atomic E-state index is 0.264. The highest BCUT2D eigenvalue weighted by molar-refractivity contribution is 7.15. The molecule has 4 heterocycles. The van der Waals surface area contributed by atoms with Gasteiger partial charge in [-0.2, -0.15) is 5.10 Å². The number of alkyl halides is 1. The predicted molar refractivity (Wildman–Crippen MR) is 111 cm³/mol. The zero-order chi connectivity index (χ0) is 21.6. The third-order valence-corrected chi connectivity index (χ3v) is 6.63. The van der Waals surface area contributed by atoms with E-state index in [-0.39, 0.29) is 12.8 Å². The van der Waals surface area contributed by atoms with Crippen LogP contribution < -0.4 is 5.73 Å². The van der Waals surface area contributed by atoms with Crippen molar-refractivity contribution >= 4 is 22.2 Å². The van der Waals surface area contributed by atoms with Gasteiger partial charge in [0, 0.05) is 23.2 Å². The Hall–Kier alpha value is -3.27. The molecule has 0 spiro atoms. The maximum atomic E-state index is 14.3. The van der Waals surface area contributed by atoms with Crippen molar-refractivity contribution in [1.82, 2.24) is 24.6 Å². The van der Waals surface area contributed by atoms with Gasteiger partial charge in [0.05, 0.1) is 11.4 Å². The molecule has 0 atom stereocenters. The fraction of sp³-hybridized carbons (Fsp3) is 0.286. The largest absolute Gasteiger partial charge is 0.364 e. The number of fused-ring (bicyclic) bond motifs is 1. The maximum Gasteiger partial charge on any atom is 0.266 e. The summed E-state index contributed by atoms with van der Waals surface area (Å²) in [6.45, 7) is 0. The normalized spacial score (nSPS) is 20.6. The Morgan fingerprint density at radius 1 is 1.26 bits per heavy atom. The molecular formula is C21H18F2N6OS. The summed E-state index contributed by atoms with van der Waals surface area (Å²) >= 11 is 1.32. The molecule has 0 aromatic carbocycles. The van der Waals surface area contributed by atoms with Crippen molar-refractivity contribution in [2.75, 3.05) is 0 Å². The van der Waals surface area contributed by atoms with Gasteiger partial charge in [0.15, 0.2) is 4.96 Å². The second-order valence-corrected chi connectivity index (χ2v) is 8.63. The molecule has 7 nitrogen and oxygen atoms in total. The van der Waals surface area contributed by atoms with Crippen LogP contribution in [0, 0.1) is 5.82 Å². The zero-order valence-corrected chi connectivity index (χ0v) is 17.1. The molecule has 1 aliphatic rings. The monoisotopic (exact) mass is 440 g/mol. The molecule has 1 amide bonds. The number of rotatable bonds is 6. The van der Waals surface area contributed by atoms with Crippen LogP contribution in [0.1, 0.15) is 41.1 Å². The molecule has 0 bridgehead atoms. The van der Waals surface area contributed by atoms with Crippen LogP contribution in [0.5, 0.6) is 0 Å². The van der Waals surface area contributed by atoms with Gasteiger partial charge in [-0.15, -0.1) is 16.4 Å². The molecule has 5 rings (SSSR count). The van der Waals surface area contributed by atoms with E-state index < -0.39 is 23.3 Å². The number of aryl methyl sites for hydroxylation is 1. The molecule has 1 saturated carbocycles. The van der Waals surface area contributed by atoms with Crippen LogP contribution in [0.4, 0.5) is 8.78 Å². The summed E-state index contributed by atoms with van der Waals surface area (Å²) in [5.74, 6) is -0.924. The van der Waals surface area contributed by atoms with Crippen LogP contribution in [0.15, 0.2) is 42.0 Å². The number of carbonyl (C=O) groups is 1. The lowest BCUT2D eigenvalue weighted by Crippen LogP contribution is -2.44. The van der Waals surface area contributed by atoms with Crippen molar-refractivity contribution in [2.24, 2.45) is 5.73 Å². The molecule has 1 aliphatic carbocycles. The number of nitrogens with zero attached hydrogens (tertiary/aromatic N) is 5. The van der Waals surface area contributed by atoms with E-state index in [9.17, 15) is 13.6 Å². The Morgan fingerprint density at radius 2 is 2.10 bits per heavy atom. The van der Waals surface area contributed by atoms with E-state index >= 15 is 0 Å². The first-order chi connectivity index (χ1) is 14.9. The first kappa shape index (κ1) is 19.7. The topological polar surface area (TPSA) is 99.1 Å². The van der Waals surface area contributed by atoms with Gasteiger partial charge in [0.1, 0.15) is 29.1 Å². The molecule has 0 aliphatic heterocycles. The summed E-state index contributed by atoms with van der Waals surface area (Å²) < 4.78 is 29.6. The Kier molecular flexibility index (Phi) is 4.73. The van der Waals surface area contributed by atoms with Crippen molar-refractivity contribution in [3.05, 3.63) is 64.9 Å². The Balaban J connectivity index is 1.34. The number of imidazole rings is 1. The summed E-state index contributed by atoms with van der Waals surface area (Å²) in [5.41, 5.74) is 7.33. The molecule has 158 valence electrons. The highest BCUT2D eigenvalue weighted by Gasteiger charge is 2.48. The van der Waals surface area contributed by atoms with Crippen LogP contribution >= 0.6 is 11.3 Å². The number of nitrogens with two attached hydrogens (primary N) is 1. The Bertz CT molecular complexity index is 1260. The first-order valence-corrected chi connectivity index (χ1v) is 10.7. The molecule has 4 aromatic heterocycles. The molecule has 10 heteroatoms. The van der Waals surface area contributed by atoms with Gasteiger partial charge in [0.25, 0.3) is 5.91 Å².